The molecule has 1 fully saturated rings. The molecule has 0 saturated carbocycles. The number of nitrogens with zero attached hydrogens (tertiary/aromatic N) is 2. The zero-order chi connectivity index (χ0) is 13.8. The van der Waals surface area contributed by atoms with Crippen molar-refractivity contribution >= 4 is 0 Å². The lowest BCUT2D eigenvalue weighted by Crippen LogP contribution is -2.52. The second kappa shape index (κ2) is 6.35. The second-order valence-electron chi connectivity index (χ2n) is 5.85. The van der Waals surface area contributed by atoms with Gasteiger partial charge in [0.2, 0.25) is 0 Å². The molecule has 2 heterocycles. The normalized spacial score (nSPS) is 28.5. The largest absolute Gasteiger partial charge is 0.329 e. The first-order valence-electron chi connectivity index (χ1n) is 7.21. The summed E-state index contributed by atoms with van der Waals surface area (Å²) in [5, 5.41) is 0. The number of likely N-dealkylation sites (tertiary alicyclic amines) is 1. The van der Waals surface area contributed by atoms with Crippen molar-refractivity contribution in [3.8, 4) is 0 Å². The highest BCUT2D eigenvalue weighted by molar-refractivity contribution is 4.93. The first kappa shape index (κ1) is 14.3. The first-order chi connectivity index (χ1) is 9.11. The lowest BCUT2D eigenvalue weighted by molar-refractivity contribution is 0.0702. The Labute approximate surface area is 115 Å². The summed E-state index contributed by atoms with van der Waals surface area (Å²) < 4.78 is 1.78. The summed E-state index contributed by atoms with van der Waals surface area (Å²) in [6, 6.07) is 5.76. The van der Waals surface area contributed by atoms with Crippen LogP contribution in [0.15, 0.2) is 29.2 Å². The van der Waals surface area contributed by atoms with Gasteiger partial charge in [0.25, 0.3) is 5.56 Å². The third-order valence-electron chi connectivity index (χ3n) is 4.21. The molecule has 3 atom stereocenters. The molecule has 0 amide bonds. The third-order valence-corrected chi connectivity index (χ3v) is 4.21. The van der Waals surface area contributed by atoms with E-state index < -0.39 is 0 Å². The molecule has 1 aliphatic rings. The molecule has 0 aromatic carbocycles. The van der Waals surface area contributed by atoms with Gasteiger partial charge in [-0.3, -0.25) is 9.69 Å². The van der Waals surface area contributed by atoms with Crippen molar-refractivity contribution in [2.45, 2.75) is 32.9 Å². The minimum Gasteiger partial charge on any atom is -0.329 e. The van der Waals surface area contributed by atoms with E-state index in [0.29, 0.717) is 24.4 Å². The first-order valence-corrected chi connectivity index (χ1v) is 7.21. The van der Waals surface area contributed by atoms with E-state index in [0.717, 1.165) is 19.6 Å². The van der Waals surface area contributed by atoms with Gasteiger partial charge in [0.05, 0.1) is 0 Å². The van der Waals surface area contributed by atoms with Gasteiger partial charge in [-0.25, -0.2) is 0 Å². The Kier molecular flexibility index (Phi) is 4.77. The van der Waals surface area contributed by atoms with Gasteiger partial charge < -0.3 is 10.3 Å². The van der Waals surface area contributed by atoms with Crippen LogP contribution in [0.1, 0.15) is 20.3 Å². The molecular formula is C15H25N3O. The minimum absolute atomic E-state index is 0.0740. The Morgan fingerprint density at radius 3 is 2.79 bits per heavy atom. The van der Waals surface area contributed by atoms with Crippen molar-refractivity contribution in [1.82, 2.24) is 9.47 Å². The van der Waals surface area contributed by atoms with E-state index in [1.54, 1.807) is 16.7 Å². The van der Waals surface area contributed by atoms with Crippen LogP contribution in [0.5, 0.6) is 0 Å². The van der Waals surface area contributed by atoms with Gasteiger partial charge in [0.15, 0.2) is 0 Å². The fourth-order valence-corrected chi connectivity index (χ4v) is 3.28. The SMILES string of the molecule is CC1CC(C)C(CN)N(CCn2ccccc2=O)C1. The molecule has 0 radical (unpaired) electrons. The van der Waals surface area contributed by atoms with E-state index in [4.69, 9.17) is 5.73 Å². The zero-order valence-corrected chi connectivity index (χ0v) is 12.0. The van der Waals surface area contributed by atoms with E-state index in [9.17, 15) is 4.79 Å². The lowest BCUT2D eigenvalue weighted by atomic mass is 9.85. The molecule has 0 aliphatic carbocycles. The minimum atomic E-state index is 0.0740. The maximum absolute atomic E-state index is 11.7. The van der Waals surface area contributed by atoms with Gasteiger partial charge in [-0.2, -0.15) is 0 Å². The second-order valence-corrected chi connectivity index (χ2v) is 5.85. The molecule has 4 nitrogen and oxygen atoms in total. The molecule has 1 aliphatic heterocycles. The van der Waals surface area contributed by atoms with Crippen LogP contribution in [0.2, 0.25) is 0 Å². The number of aromatic nitrogens is 1. The van der Waals surface area contributed by atoms with Crippen molar-refractivity contribution in [3.63, 3.8) is 0 Å². The molecule has 19 heavy (non-hydrogen) atoms. The number of hydrogen-bond donors (Lipinski definition) is 1. The fraction of sp³-hybridized carbons (Fsp3) is 0.667. The molecular weight excluding hydrogens is 238 g/mol. The van der Waals surface area contributed by atoms with Crippen LogP contribution in [0.25, 0.3) is 0 Å². The summed E-state index contributed by atoms with van der Waals surface area (Å²) in [6.07, 6.45) is 3.11. The van der Waals surface area contributed by atoms with Crippen molar-refractivity contribution in [1.29, 1.82) is 0 Å². The maximum atomic E-state index is 11.7. The predicted octanol–water partition coefficient (Wildman–Crippen LogP) is 1.15. The van der Waals surface area contributed by atoms with Crippen LogP contribution >= 0.6 is 0 Å². The van der Waals surface area contributed by atoms with E-state index in [2.05, 4.69) is 18.7 Å². The Morgan fingerprint density at radius 2 is 2.11 bits per heavy atom. The molecule has 2 rings (SSSR count). The fourth-order valence-electron chi connectivity index (χ4n) is 3.28. The van der Waals surface area contributed by atoms with Crippen LogP contribution in [-0.2, 0) is 6.54 Å². The average Bonchev–Trinajstić information content (AvgIpc) is 2.37. The van der Waals surface area contributed by atoms with Crippen molar-refractivity contribution in [2.75, 3.05) is 19.6 Å². The van der Waals surface area contributed by atoms with Gasteiger partial charge in [-0.15, -0.1) is 0 Å². The Bertz CT molecular complexity index is 457. The molecule has 1 aromatic rings. The van der Waals surface area contributed by atoms with Crippen LogP contribution in [0, 0.1) is 11.8 Å². The monoisotopic (exact) mass is 263 g/mol. The number of rotatable bonds is 4. The van der Waals surface area contributed by atoms with Crippen molar-refractivity contribution < 1.29 is 0 Å². The van der Waals surface area contributed by atoms with Gasteiger partial charge in [0, 0.05) is 44.5 Å². The van der Waals surface area contributed by atoms with E-state index in [1.807, 2.05) is 12.3 Å². The molecule has 1 saturated heterocycles. The van der Waals surface area contributed by atoms with Gasteiger partial charge in [0.1, 0.15) is 0 Å². The molecule has 2 N–H and O–H groups in total. The smallest absolute Gasteiger partial charge is 0.250 e. The van der Waals surface area contributed by atoms with Crippen LogP contribution in [-0.4, -0.2) is 35.1 Å². The Morgan fingerprint density at radius 1 is 1.32 bits per heavy atom. The topological polar surface area (TPSA) is 51.3 Å². The number of piperidine rings is 1. The Balaban J connectivity index is 2.01. The molecule has 4 heteroatoms. The lowest BCUT2D eigenvalue weighted by Gasteiger charge is -2.42. The highest BCUT2D eigenvalue weighted by Crippen LogP contribution is 2.26. The molecule has 1 aromatic heterocycles. The van der Waals surface area contributed by atoms with E-state index >= 15 is 0 Å². The number of pyridine rings is 1. The standard InChI is InChI=1S/C15H25N3O/c1-12-9-13(2)14(10-16)18(11-12)8-7-17-6-4-3-5-15(17)19/h3-6,12-14H,7-11,16H2,1-2H3. The summed E-state index contributed by atoms with van der Waals surface area (Å²) in [5.41, 5.74) is 5.99. The van der Waals surface area contributed by atoms with Crippen molar-refractivity contribution in [3.05, 3.63) is 34.7 Å². The summed E-state index contributed by atoms with van der Waals surface area (Å²) in [5.74, 6) is 1.35. The summed E-state index contributed by atoms with van der Waals surface area (Å²) >= 11 is 0. The number of nitrogens with two attached hydrogens (primary N) is 1. The molecule has 3 unspecified atom stereocenters. The highest BCUT2D eigenvalue weighted by atomic mass is 16.1. The van der Waals surface area contributed by atoms with Crippen LogP contribution in [0.4, 0.5) is 0 Å². The maximum Gasteiger partial charge on any atom is 0.250 e. The van der Waals surface area contributed by atoms with Crippen molar-refractivity contribution in [2.24, 2.45) is 17.6 Å². The van der Waals surface area contributed by atoms with Gasteiger partial charge in [-0.05, 0) is 24.3 Å². The third kappa shape index (κ3) is 3.45. The highest BCUT2D eigenvalue weighted by Gasteiger charge is 2.30. The summed E-state index contributed by atoms with van der Waals surface area (Å²) in [6.45, 7) is 8.03. The van der Waals surface area contributed by atoms with E-state index in [1.165, 1.54) is 6.42 Å². The summed E-state index contributed by atoms with van der Waals surface area (Å²) in [4.78, 5) is 14.1. The van der Waals surface area contributed by atoms with Gasteiger partial charge >= 0.3 is 0 Å². The molecule has 0 spiro atoms. The molecule has 106 valence electrons. The van der Waals surface area contributed by atoms with Crippen LogP contribution in [0.3, 0.4) is 0 Å². The van der Waals surface area contributed by atoms with Crippen LogP contribution < -0.4 is 11.3 Å². The zero-order valence-electron chi connectivity index (χ0n) is 12.0. The van der Waals surface area contributed by atoms with E-state index in [-0.39, 0.29) is 5.56 Å². The summed E-state index contributed by atoms with van der Waals surface area (Å²) in [7, 11) is 0. The Hall–Kier alpha value is -1.13. The van der Waals surface area contributed by atoms with Gasteiger partial charge in [-0.1, -0.05) is 19.9 Å². The quantitative estimate of drug-likeness (QED) is 0.886. The molecule has 0 bridgehead atoms. The average molecular weight is 263 g/mol. The predicted molar refractivity (Wildman–Crippen MR) is 78.1 cm³/mol. The number of hydrogen-bond acceptors (Lipinski definition) is 3.